The fourth-order valence-electron chi connectivity index (χ4n) is 1.29. The van der Waals surface area contributed by atoms with E-state index in [1.54, 1.807) is 0 Å². The molecule has 0 aromatic heterocycles. The van der Waals surface area contributed by atoms with Crippen LogP contribution in [-0.4, -0.2) is 40.7 Å². The quantitative estimate of drug-likeness (QED) is 0.363. The van der Waals surface area contributed by atoms with E-state index in [9.17, 15) is 0 Å². The molecule has 0 spiro atoms. The van der Waals surface area contributed by atoms with E-state index in [-0.39, 0.29) is 0 Å². The van der Waals surface area contributed by atoms with Crippen LogP contribution in [0.5, 0.6) is 0 Å². The lowest BCUT2D eigenvalue weighted by Gasteiger charge is -2.28. The Bertz CT molecular complexity index is 154. The van der Waals surface area contributed by atoms with Crippen molar-refractivity contribution in [2.24, 2.45) is 0 Å². The molecule has 0 aliphatic rings. The highest BCUT2D eigenvalue weighted by Crippen LogP contribution is 2.14. The molecular weight excluding hydrogens is 230 g/mol. The lowest BCUT2D eigenvalue weighted by molar-refractivity contribution is 0.0717. The first-order chi connectivity index (χ1) is 7.24. The Hall–Kier alpha value is -0.0131. The van der Waals surface area contributed by atoms with Crippen molar-refractivity contribution in [3.05, 3.63) is 0 Å². The molecule has 0 atom stereocenters. The second kappa shape index (κ2) is 9.23. The Morgan fingerprint density at radius 2 is 1.53 bits per heavy atom. The van der Waals surface area contributed by atoms with Crippen LogP contribution in [0.15, 0.2) is 0 Å². The van der Waals surface area contributed by atoms with Gasteiger partial charge in [0.15, 0.2) is 0 Å². The van der Waals surface area contributed by atoms with E-state index in [0.717, 1.165) is 12.6 Å². The average Bonchev–Trinajstić information content (AvgIpc) is 2.19. The molecule has 1 N–H and O–H groups in total. The summed E-state index contributed by atoms with van der Waals surface area (Å²) in [5, 5.41) is 2.96. The van der Waals surface area contributed by atoms with Crippen LogP contribution in [0.25, 0.3) is 0 Å². The van der Waals surface area contributed by atoms with Gasteiger partial charge in [-0.3, -0.25) is 0 Å². The SMILES string of the molecule is CCO[Si](CCNC=S)(OCC)OCC. The van der Waals surface area contributed by atoms with Gasteiger partial charge < -0.3 is 18.6 Å². The van der Waals surface area contributed by atoms with Crippen LogP contribution in [-0.2, 0) is 13.3 Å². The van der Waals surface area contributed by atoms with E-state index in [1.807, 2.05) is 20.8 Å². The molecule has 0 heterocycles. The zero-order chi connectivity index (χ0) is 11.6. The molecule has 0 aliphatic carbocycles. The zero-order valence-electron chi connectivity index (χ0n) is 9.75. The largest absolute Gasteiger partial charge is 0.502 e. The third-order valence-corrected chi connectivity index (χ3v) is 4.97. The van der Waals surface area contributed by atoms with Gasteiger partial charge in [0.1, 0.15) is 0 Å². The molecule has 0 unspecified atom stereocenters. The van der Waals surface area contributed by atoms with Gasteiger partial charge in [-0.1, -0.05) is 12.2 Å². The Morgan fingerprint density at radius 1 is 1.07 bits per heavy atom. The summed E-state index contributed by atoms with van der Waals surface area (Å²) < 4.78 is 17.0. The molecule has 90 valence electrons. The monoisotopic (exact) mass is 251 g/mol. The van der Waals surface area contributed by atoms with Crippen LogP contribution < -0.4 is 5.32 Å². The molecule has 15 heavy (non-hydrogen) atoms. The summed E-state index contributed by atoms with van der Waals surface area (Å²) in [6.07, 6.45) is 0. The predicted octanol–water partition coefficient (Wildman–Crippen LogP) is 1.58. The van der Waals surface area contributed by atoms with Gasteiger partial charge in [0.2, 0.25) is 0 Å². The number of hydrogen-bond acceptors (Lipinski definition) is 4. The summed E-state index contributed by atoms with van der Waals surface area (Å²) >= 11 is 4.69. The van der Waals surface area contributed by atoms with Crippen LogP contribution in [0.1, 0.15) is 20.8 Å². The number of rotatable bonds is 10. The van der Waals surface area contributed by atoms with Gasteiger partial charge in [-0.2, -0.15) is 0 Å². The molecule has 0 fully saturated rings. The summed E-state index contributed by atoms with van der Waals surface area (Å²) in [7, 11) is -2.46. The number of nitrogens with one attached hydrogen (secondary N) is 1. The predicted molar refractivity (Wildman–Crippen MR) is 67.1 cm³/mol. The standard InChI is InChI=1S/C9H21NO3SSi/c1-4-11-15(12-5-2,13-6-3)8-7-10-9-14/h9H,4-8H2,1-3H3,(H,10,14). The third kappa shape index (κ3) is 6.21. The fourth-order valence-corrected chi connectivity index (χ4v) is 3.86. The van der Waals surface area contributed by atoms with Crippen LogP contribution >= 0.6 is 12.2 Å². The normalized spacial score (nSPS) is 11.4. The summed E-state index contributed by atoms with van der Waals surface area (Å²) in [5.41, 5.74) is 1.50. The van der Waals surface area contributed by atoms with Crippen molar-refractivity contribution < 1.29 is 13.3 Å². The van der Waals surface area contributed by atoms with Crippen molar-refractivity contribution in [1.82, 2.24) is 5.32 Å². The highest BCUT2D eigenvalue weighted by Gasteiger charge is 2.39. The van der Waals surface area contributed by atoms with Crippen molar-refractivity contribution >= 4 is 26.5 Å². The van der Waals surface area contributed by atoms with Gasteiger partial charge in [0.05, 0.1) is 5.49 Å². The van der Waals surface area contributed by atoms with E-state index in [1.165, 1.54) is 5.49 Å². The molecule has 0 saturated carbocycles. The highest BCUT2D eigenvalue weighted by molar-refractivity contribution is 7.78. The van der Waals surface area contributed by atoms with Crippen LogP contribution in [0.2, 0.25) is 6.04 Å². The molecule has 0 bridgehead atoms. The lowest BCUT2D eigenvalue weighted by atomic mass is 10.8. The van der Waals surface area contributed by atoms with Crippen molar-refractivity contribution in [3.8, 4) is 0 Å². The first-order valence-corrected chi connectivity index (χ1v) is 7.73. The van der Waals surface area contributed by atoms with Gasteiger partial charge in [0, 0.05) is 32.4 Å². The zero-order valence-corrected chi connectivity index (χ0v) is 11.6. The fraction of sp³-hybridized carbons (Fsp3) is 0.889. The van der Waals surface area contributed by atoms with E-state index in [4.69, 9.17) is 25.5 Å². The third-order valence-electron chi connectivity index (χ3n) is 1.75. The van der Waals surface area contributed by atoms with Crippen LogP contribution in [0, 0.1) is 0 Å². The molecule has 0 radical (unpaired) electrons. The second-order valence-corrected chi connectivity index (χ2v) is 5.77. The van der Waals surface area contributed by atoms with Crippen molar-refractivity contribution in [2.45, 2.75) is 26.8 Å². The van der Waals surface area contributed by atoms with E-state index in [2.05, 4.69) is 5.32 Å². The molecule has 0 aromatic rings. The summed E-state index contributed by atoms with van der Waals surface area (Å²) in [6, 6.07) is 0.746. The van der Waals surface area contributed by atoms with E-state index >= 15 is 0 Å². The summed E-state index contributed by atoms with van der Waals surface area (Å²) in [4.78, 5) is 0. The summed E-state index contributed by atoms with van der Waals surface area (Å²) in [6.45, 7) is 8.43. The van der Waals surface area contributed by atoms with Gasteiger partial charge in [-0.15, -0.1) is 0 Å². The van der Waals surface area contributed by atoms with Crippen LogP contribution in [0.4, 0.5) is 0 Å². The van der Waals surface area contributed by atoms with Crippen molar-refractivity contribution in [2.75, 3.05) is 26.4 Å². The molecule has 0 aromatic carbocycles. The Morgan fingerprint density at radius 3 is 1.87 bits per heavy atom. The minimum Gasteiger partial charge on any atom is -0.382 e. The highest BCUT2D eigenvalue weighted by atomic mass is 32.1. The van der Waals surface area contributed by atoms with Gasteiger partial charge in [0.25, 0.3) is 0 Å². The van der Waals surface area contributed by atoms with Gasteiger partial charge in [-0.25, -0.2) is 0 Å². The first kappa shape index (κ1) is 15.0. The van der Waals surface area contributed by atoms with E-state index in [0.29, 0.717) is 19.8 Å². The van der Waals surface area contributed by atoms with Crippen molar-refractivity contribution in [3.63, 3.8) is 0 Å². The van der Waals surface area contributed by atoms with E-state index < -0.39 is 8.80 Å². The number of hydrogen-bond donors (Lipinski definition) is 1. The van der Waals surface area contributed by atoms with Crippen molar-refractivity contribution in [1.29, 1.82) is 0 Å². The minimum absolute atomic E-state index is 0.615. The maximum Gasteiger partial charge on any atom is 0.502 e. The molecule has 6 heteroatoms. The lowest BCUT2D eigenvalue weighted by Crippen LogP contribution is -2.47. The molecule has 4 nitrogen and oxygen atoms in total. The van der Waals surface area contributed by atoms with Gasteiger partial charge in [-0.05, 0) is 20.8 Å². The first-order valence-electron chi connectivity index (χ1n) is 5.33. The summed E-state index contributed by atoms with van der Waals surface area (Å²) in [5.74, 6) is 0. The molecule has 0 aliphatic heterocycles. The second-order valence-electron chi connectivity index (χ2n) is 2.80. The topological polar surface area (TPSA) is 39.7 Å². The van der Waals surface area contributed by atoms with Crippen LogP contribution in [0.3, 0.4) is 0 Å². The maximum atomic E-state index is 5.66. The molecular formula is C9H21NO3SSi. The molecule has 0 rings (SSSR count). The Labute approximate surface area is 98.7 Å². The molecule has 0 saturated heterocycles. The molecule has 0 amide bonds. The minimum atomic E-state index is -2.46. The average molecular weight is 251 g/mol. The van der Waals surface area contributed by atoms with Gasteiger partial charge >= 0.3 is 8.80 Å². The Balaban J connectivity index is 4.24. The maximum absolute atomic E-state index is 5.66. The number of thiocarbonyl (C=S) groups is 1. The smallest absolute Gasteiger partial charge is 0.382 e. The Kier molecular flexibility index (Phi) is 9.22.